The maximum atomic E-state index is 11.9. The van der Waals surface area contributed by atoms with Gasteiger partial charge in [-0.25, -0.2) is 0 Å². The minimum Gasteiger partial charge on any atom is -0.331 e. The molecule has 1 aliphatic carbocycles. The lowest BCUT2D eigenvalue weighted by Gasteiger charge is -2.13. The van der Waals surface area contributed by atoms with Gasteiger partial charge in [-0.2, -0.15) is 0 Å². The summed E-state index contributed by atoms with van der Waals surface area (Å²) in [5, 5.41) is 6.54. The summed E-state index contributed by atoms with van der Waals surface area (Å²) in [6.07, 6.45) is 4.17. The quantitative estimate of drug-likeness (QED) is 0.818. The Balaban J connectivity index is 1.89. The number of carbonyl (C=O) groups excluding carboxylic acids is 1. The van der Waals surface area contributed by atoms with Crippen molar-refractivity contribution in [3.05, 3.63) is 29.3 Å². The van der Waals surface area contributed by atoms with Crippen molar-refractivity contribution in [3.8, 4) is 0 Å². The van der Waals surface area contributed by atoms with Crippen LogP contribution in [0.2, 0.25) is 5.02 Å². The topological polar surface area (TPSA) is 41.1 Å². The third-order valence-corrected chi connectivity index (χ3v) is 3.62. The Labute approximate surface area is 117 Å². The standard InChI is InChI=1S/C13H15ClN2OS/c14-10-7-3-4-8-11(10)15-13(18)16-12(17)9-5-1-2-6-9/h3-4,7-9H,1-2,5-6H2,(H2,15,16,17,18). The lowest BCUT2D eigenvalue weighted by molar-refractivity contribution is -0.123. The molecule has 0 heterocycles. The van der Waals surface area contributed by atoms with E-state index in [-0.39, 0.29) is 11.8 Å². The molecular weight excluding hydrogens is 268 g/mol. The molecule has 2 N–H and O–H groups in total. The molecule has 0 unspecified atom stereocenters. The molecule has 3 nitrogen and oxygen atoms in total. The first-order chi connectivity index (χ1) is 8.66. The van der Waals surface area contributed by atoms with Gasteiger partial charge in [0.2, 0.25) is 5.91 Å². The molecule has 0 radical (unpaired) electrons. The second kappa shape index (κ2) is 6.16. The zero-order valence-corrected chi connectivity index (χ0v) is 11.5. The van der Waals surface area contributed by atoms with Crippen molar-refractivity contribution in [2.24, 2.45) is 5.92 Å². The normalized spacial score (nSPS) is 15.4. The van der Waals surface area contributed by atoms with Crippen LogP contribution in [0.5, 0.6) is 0 Å². The molecule has 2 rings (SSSR count). The lowest BCUT2D eigenvalue weighted by Crippen LogP contribution is -2.37. The van der Waals surface area contributed by atoms with Crippen molar-refractivity contribution in [2.75, 3.05) is 5.32 Å². The number of hydrogen-bond acceptors (Lipinski definition) is 2. The van der Waals surface area contributed by atoms with Gasteiger partial charge >= 0.3 is 0 Å². The fraction of sp³-hybridized carbons (Fsp3) is 0.385. The van der Waals surface area contributed by atoms with Crippen LogP contribution >= 0.6 is 23.8 Å². The third kappa shape index (κ3) is 3.43. The Morgan fingerprint density at radius 2 is 1.94 bits per heavy atom. The molecule has 96 valence electrons. The van der Waals surface area contributed by atoms with Gasteiger partial charge in [0, 0.05) is 5.92 Å². The van der Waals surface area contributed by atoms with E-state index in [0.29, 0.717) is 15.8 Å². The number of hydrogen-bond donors (Lipinski definition) is 2. The van der Waals surface area contributed by atoms with Crippen molar-refractivity contribution in [1.29, 1.82) is 0 Å². The number of nitrogens with one attached hydrogen (secondary N) is 2. The highest BCUT2D eigenvalue weighted by molar-refractivity contribution is 7.80. The van der Waals surface area contributed by atoms with E-state index in [1.54, 1.807) is 6.07 Å². The number of halogens is 1. The zero-order valence-electron chi connectivity index (χ0n) is 9.91. The molecule has 0 atom stereocenters. The van der Waals surface area contributed by atoms with E-state index in [9.17, 15) is 4.79 Å². The summed E-state index contributed by atoms with van der Waals surface area (Å²) < 4.78 is 0. The summed E-state index contributed by atoms with van der Waals surface area (Å²) in [7, 11) is 0. The van der Waals surface area contributed by atoms with Gasteiger partial charge in [-0.15, -0.1) is 0 Å². The summed E-state index contributed by atoms with van der Waals surface area (Å²) in [4.78, 5) is 11.9. The second-order valence-corrected chi connectivity index (χ2v) is 5.22. The predicted molar refractivity (Wildman–Crippen MR) is 77.8 cm³/mol. The van der Waals surface area contributed by atoms with Crippen LogP contribution in [0.4, 0.5) is 5.69 Å². The highest BCUT2D eigenvalue weighted by atomic mass is 35.5. The van der Waals surface area contributed by atoms with Crippen LogP contribution in [0.1, 0.15) is 25.7 Å². The van der Waals surface area contributed by atoms with Gasteiger partial charge in [0.25, 0.3) is 0 Å². The molecule has 5 heteroatoms. The first kappa shape index (κ1) is 13.3. The zero-order chi connectivity index (χ0) is 13.0. The van der Waals surface area contributed by atoms with Gasteiger partial charge in [-0.05, 0) is 37.2 Å². The molecule has 18 heavy (non-hydrogen) atoms. The summed E-state index contributed by atoms with van der Waals surface area (Å²) in [6.45, 7) is 0. The van der Waals surface area contributed by atoms with Crippen LogP contribution in [-0.2, 0) is 4.79 Å². The Bertz CT molecular complexity index is 458. The highest BCUT2D eigenvalue weighted by Gasteiger charge is 2.23. The average molecular weight is 283 g/mol. The molecule has 1 aromatic carbocycles. The fourth-order valence-electron chi connectivity index (χ4n) is 2.12. The van der Waals surface area contributed by atoms with Gasteiger partial charge in [0.05, 0.1) is 10.7 Å². The van der Waals surface area contributed by atoms with Crippen molar-refractivity contribution in [2.45, 2.75) is 25.7 Å². The van der Waals surface area contributed by atoms with Crippen molar-refractivity contribution >= 4 is 40.5 Å². The number of thiocarbonyl (C=S) groups is 1. The van der Waals surface area contributed by atoms with E-state index in [1.165, 1.54) is 0 Å². The number of rotatable bonds is 2. The molecule has 0 saturated heterocycles. The van der Waals surface area contributed by atoms with Crippen LogP contribution in [-0.4, -0.2) is 11.0 Å². The minimum atomic E-state index is 0.0112. The number of anilines is 1. The Morgan fingerprint density at radius 1 is 1.28 bits per heavy atom. The summed E-state index contributed by atoms with van der Waals surface area (Å²) >= 11 is 11.1. The molecule has 0 aromatic heterocycles. The Morgan fingerprint density at radius 3 is 2.61 bits per heavy atom. The summed E-state index contributed by atoms with van der Waals surface area (Å²) in [6, 6.07) is 7.28. The molecule has 0 bridgehead atoms. The predicted octanol–water partition coefficient (Wildman–Crippen LogP) is 3.34. The Hall–Kier alpha value is -1.13. The molecular formula is C13H15ClN2OS. The molecule has 1 amide bonds. The first-order valence-corrected chi connectivity index (χ1v) is 6.82. The second-order valence-electron chi connectivity index (χ2n) is 4.40. The van der Waals surface area contributed by atoms with E-state index >= 15 is 0 Å². The van der Waals surface area contributed by atoms with Crippen LogP contribution in [0.15, 0.2) is 24.3 Å². The van der Waals surface area contributed by atoms with E-state index < -0.39 is 0 Å². The number of amides is 1. The average Bonchev–Trinajstić information content (AvgIpc) is 2.85. The molecule has 1 aromatic rings. The van der Waals surface area contributed by atoms with Crippen molar-refractivity contribution < 1.29 is 4.79 Å². The molecule has 0 aliphatic heterocycles. The van der Waals surface area contributed by atoms with Crippen LogP contribution in [0.25, 0.3) is 0 Å². The van der Waals surface area contributed by atoms with Gasteiger partial charge in [0.15, 0.2) is 5.11 Å². The number of benzene rings is 1. The monoisotopic (exact) mass is 282 g/mol. The lowest BCUT2D eigenvalue weighted by atomic mass is 10.1. The van der Waals surface area contributed by atoms with Crippen LogP contribution in [0.3, 0.4) is 0 Å². The van der Waals surface area contributed by atoms with Crippen LogP contribution in [0, 0.1) is 5.92 Å². The molecule has 1 aliphatic rings. The van der Waals surface area contributed by atoms with E-state index in [0.717, 1.165) is 25.7 Å². The SMILES string of the molecule is O=C(NC(=S)Nc1ccccc1Cl)C1CCCC1. The fourth-order valence-corrected chi connectivity index (χ4v) is 2.51. The van der Waals surface area contributed by atoms with Gasteiger partial charge in [0.1, 0.15) is 0 Å². The number of para-hydroxylation sites is 1. The maximum Gasteiger partial charge on any atom is 0.229 e. The van der Waals surface area contributed by atoms with Gasteiger partial charge < -0.3 is 10.6 Å². The molecule has 1 fully saturated rings. The van der Waals surface area contributed by atoms with E-state index in [4.69, 9.17) is 23.8 Å². The van der Waals surface area contributed by atoms with Crippen LogP contribution < -0.4 is 10.6 Å². The molecule has 1 saturated carbocycles. The summed E-state index contributed by atoms with van der Waals surface area (Å²) in [5.74, 6) is 0.119. The molecule has 0 spiro atoms. The third-order valence-electron chi connectivity index (χ3n) is 3.08. The van der Waals surface area contributed by atoms with Crippen molar-refractivity contribution in [1.82, 2.24) is 5.32 Å². The van der Waals surface area contributed by atoms with Gasteiger partial charge in [-0.1, -0.05) is 36.6 Å². The first-order valence-electron chi connectivity index (χ1n) is 6.03. The van der Waals surface area contributed by atoms with Crippen molar-refractivity contribution in [3.63, 3.8) is 0 Å². The van der Waals surface area contributed by atoms with E-state index in [1.807, 2.05) is 18.2 Å². The summed E-state index contributed by atoms with van der Waals surface area (Å²) in [5.41, 5.74) is 0.705. The Kier molecular flexibility index (Phi) is 4.55. The van der Waals surface area contributed by atoms with Gasteiger partial charge in [-0.3, -0.25) is 4.79 Å². The maximum absolute atomic E-state index is 11.9. The largest absolute Gasteiger partial charge is 0.331 e. The number of carbonyl (C=O) groups is 1. The van der Waals surface area contributed by atoms with E-state index in [2.05, 4.69) is 10.6 Å². The highest BCUT2D eigenvalue weighted by Crippen LogP contribution is 2.25. The smallest absolute Gasteiger partial charge is 0.229 e. The minimum absolute atomic E-state index is 0.0112.